The number of rotatable bonds is 4. The van der Waals surface area contributed by atoms with E-state index in [1.165, 1.54) is 0 Å². The standard InChI is InChI=1S/C13H18O10.Ac/c1-5(14)20-9-8(17)10(21-6(2)15)13(22-7(3)16)23-11(9)12(18)19-4;/h8-11,13,17H,1-4H3;/t8-,9-,10+,11-,13?;/m0./s1. The first-order valence-electron chi connectivity index (χ1n) is 6.60. The molecule has 1 aliphatic heterocycles. The van der Waals surface area contributed by atoms with Gasteiger partial charge in [-0.25, -0.2) is 4.79 Å². The minimum absolute atomic E-state index is 0. The molecule has 1 radical (unpaired) electrons. The van der Waals surface area contributed by atoms with Crippen molar-refractivity contribution in [2.45, 2.75) is 51.5 Å². The van der Waals surface area contributed by atoms with Crippen LogP contribution in [0.1, 0.15) is 20.8 Å². The Morgan fingerprint density at radius 1 is 0.875 bits per heavy atom. The first-order chi connectivity index (χ1) is 10.7. The van der Waals surface area contributed by atoms with E-state index in [1.807, 2.05) is 0 Å². The van der Waals surface area contributed by atoms with Crippen LogP contribution in [-0.2, 0) is 42.9 Å². The Labute approximate surface area is 173 Å². The Balaban J connectivity index is 0.00000529. The van der Waals surface area contributed by atoms with Crippen molar-refractivity contribution in [3.8, 4) is 0 Å². The van der Waals surface area contributed by atoms with Gasteiger partial charge in [0.05, 0.1) is 7.11 Å². The number of aliphatic hydroxyl groups is 1. The summed E-state index contributed by atoms with van der Waals surface area (Å²) in [6.07, 6.45) is -7.79. The van der Waals surface area contributed by atoms with Crippen LogP contribution in [0, 0.1) is 44.1 Å². The average molecular weight is 561 g/mol. The molecule has 5 atom stereocenters. The number of methoxy groups -OCH3 is 1. The number of hydrogen-bond donors (Lipinski definition) is 1. The summed E-state index contributed by atoms with van der Waals surface area (Å²) in [6.45, 7) is 3.18. The molecule has 1 unspecified atom stereocenters. The van der Waals surface area contributed by atoms with Crippen molar-refractivity contribution in [3.63, 3.8) is 0 Å². The molecule has 1 N–H and O–H groups in total. The second-order valence-electron chi connectivity index (χ2n) is 4.70. The van der Waals surface area contributed by atoms with Gasteiger partial charge in [0.25, 0.3) is 0 Å². The quantitative estimate of drug-likeness (QED) is 0.325. The summed E-state index contributed by atoms with van der Waals surface area (Å²) in [5.41, 5.74) is 0. The first-order valence-corrected chi connectivity index (χ1v) is 6.60. The molecule has 1 saturated heterocycles. The Morgan fingerprint density at radius 3 is 1.75 bits per heavy atom. The van der Waals surface area contributed by atoms with Crippen LogP contribution in [0.5, 0.6) is 0 Å². The van der Waals surface area contributed by atoms with Crippen LogP contribution in [-0.4, -0.2) is 66.8 Å². The normalized spacial score (nSPS) is 28.8. The molecule has 0 spiro atoms. The predicted octanol–water partition coefficient (Wildman–Crippen LogP) is -1.33. The molecular formula is C13H18AcO10. The van der Waals surface area contributed by atoms with Crippen molar-refractivity contribution >= 4 is 23.9 Å². The minimum Gasteiger partial charge on any atom is -0.467 e. The van der Waals surface area contributed by atoms with E-state index >= 15 is 0 Å². The van der Waals surface area contributed by atoms with Crippen molar-refractivity contribution in [2.75, 3.05) is 7.11 Å². The van der Waals surface area contributed by atoms with E-state index in [2.05, 4.69) is 4.74 Å². The summed E-state index contributed by atoms with van der Waals surface area (Å²) in [7, 11) is 1.06. The van der Waals surface area contributed by atoms with E-state index in [1.54, 1.807) is 0 Å². The summed E-state index contributed by atoms with van der Waals surface area (Å²) in [6, 6.07) is 0. The number of aliphatic hydroxyl groups excluding tert-OH is 1. The van der Waals surface area contributed by atoms with Crippen molar-refractivity contribution in [3.05, 3.63) is 0 Å². The zero-order valence-corrected chi connectivity index (χ0v) is 18.3. The molecule has 133 valence electrons. The fourth-order valence-corrected chi connectivity index (χ4v) is 2.03. The smallest absolute Gasteiger partial charge is 0.339 e. The monoisotopic (exact) mass is 561 g/mol. The summed E-state index contributed by atoms with van der Waals surface area (Å²) >= 11 is 0. The molecule has 0 amide bonds. The largest absolute Gasteiger partial charge is 0.467 e. The molecule has 10 nitrogen and oxygen atoms in total. The molecule has 0 bridgehead atoms. The van der Waals surface area contributed by atoms with Crippen LogP contribution < -0.4 is 0 Å². The molecule has 1 aliphatic rings. The van der Waals surface area contributed by atoms with Gasteiger partial charge in [0.2, 0.25) is 6.29 Å². The predicted molar refractivity (Wildman–Crippen MR) is 69.6 cm³/mol. The second-order valence-corrected chi connectivity index (χ2v) is 4.70. The van der Waals surface area contributed by atoms with Crippen LogP contribution in [0.15, 0.2) is 0 Å². The number of ether oxygens (including phenoxy) is 5. The van der Waals surface area contributed by atoms with Gasteiger partial charge in [-0.2, -0.15) is 0 Å². The van der Waals surface area contributed by atoms with Crippen LogP contribution in [0.4, 0.5) is 0 Å². The van der Waals surface area contributed by atoms with E-state index in [0.29, 0.717) is 0 Å². The molecule has 0 aromatic carbocycles. The Bertz CT molecular complexity index is 493. The van der Waals surface area contributed by atoms with Gasteiger partial charge < -0.3 is 28.8 Å². The van der Waals surface area contributed by atoms with Gasteiger partial charge in [0, 0.05) is 64.8 Å². The van der Waals surface area contributed by atoms with Gasteiger partial charge >= 0.3 is 23.9 Å². The first kappa shape index (κ1) is 23.2. The number of hydrogen-bond acceptors (Lipinski definition) is 10. The summed E-state index contributed by atoms with van der Waals surface area (Å²) < 4.78 is 24.2. The zero-order valence-electron chi connectivity index (χ0n) is 13.6. The number of carbonyl (C=O) groups is 4. The number of carbonyl (C=O) groups excluding carboxylic acids is 4. The molecule has 1 rings (SSSR count). The van der Waals surface area contributed by atoms with Crippen molar-refractivity contribution < 1.29 is 92.0 Å². The summed E-state index contributed by atoms with van der Waals surface area (Å²) in [4.78, 5) is 45.2. The molecule has 11 heteroatoms. The molecule has 0 aromatic heterocycles. The molecule has 0 saturated carbocycles. The maximum Gasteiger partial charge on any atom is 0.339 e. The molecular weight excluding hydrogens is 543 g/mol. The second kappa shape index (κ2) is 10.3. The molecule has 1 fully saturated rings. The topological polar surface area (TPSA) is 135 Å². The molecule has 0 aliphatic carbocycles. The maximum absolute atomic E-state index is 11.8. The third-order valence-electron chi connectivity index (χ3n) is 2.84. The van der Waals surface area contributed by atoms with Crippen LogP contribution in [0.3, 0.4) is 0 Å². The van der Waals surface area contributed by atoms with E-state index < -0.39 is 54.6 Å². The minimum atomic E-state index is -1.68. The third kappa shape index (κ3) is 6.28. The molecule has 24 heavy (non-hydrogen) atoms. The molecule has 1 heterocycles. The Morgan fingerprint density at radius 2 is 1.33 bits per heavy atom. The SMILES string of the molecule is COC(=O)[C@H]1OC(OC(C)=O)[C@H](OC(C)=O)[C@@H](O)[C@@H]1OC(C)=O.[Ac]. The third-order valence-corrected chi connectivity index (χ3v) is 2.84. The fourth-order valence-electron chi connectivity index (χ4n) is 2.03. The summed E-state index contributed by atoms with van der Waals surface area (Å²) in [5, 5.41) is 10.3. The van der Waals surface area contributed by atoms with Gasteiger partial charge in [0.1, 0.15) is 6.10 Å². The maximum atomic E-state index is 11.8. The number of esters is 4. The van der Waals surface area contributed by atoms with Crippen molar-refractivity contribution in [1.82, 2.24) is 0 Å². The average Bonchev–Trinajstić information content (AvgIpc) is 2.43. The summed E-state index contributed by atoms with van der Waals surface area (Å²) in [5.74, 6) is -3.37. The van der Waals surface area contributed by atoms with E-state index in [-0.39, 0.29) is 44.1 Å². The van der Waals surface area contributed by atoms with Gasteiger partial charge in [-0.1, -0.05) is 0 Å². The molecule has 0 aromatic rings. The van der Waals surface area contributed by atoms with E-state index in [0.717, 1.165) is 27.9 Å². The van der Waals surface area contributed by atoms with Crippen LogP contribution >= 0.6 is 0 Å². The van der Waals surface area contributed by atoms with Crippen LogP contribution in [0.2, 0.25) is 0 Å². The zero-order chi connectivity index (χ0) is 17.7. The van der Waals surface area contributed by atoms with E-state index in [9.17, 15) is 24.3 Å². The van der Waals surface area contributed by atoms with Gasteiger partial charge in [-0.05, 0) is 0 Å². The van der Waals surface area contributed by atoms with Crippen LogP contribution in [0.25, 0.3) is 0 Å². The van der Waals surface area contributed by atoms with Gasteiger partial charge in [0.15, 0.2) is 18.3 Å². The van der Waals surface area contributed by atoms with Crippen molar-refractivity contribution in [2.24, 2.45) is 0 Å². The Kier molecular flexibility index (Phi) is 9.96. The van der Waals surface area contributed by atoms with Gasteiger partial charge in [-0.15, -0.1) is 0 Å². The van der Waals surface area contributed by atoms with Gasteiger partial charge in [-0.3, -0.25) is 14.4 Å². The van der Waals surface area contributed by atoms with E-state index in [4.69, 9.17) is 18.9 Å². The fraction of sp³-hybridized carbons (Fsp3) is 0.692. The Hall–Kier alpha value is -0.758. The van der Waals surface area contributed by atoms with Crippen molar-refractivity contribution in [1.29, 1.82) is 0 Å².